The Labute approximate surface area is 91.8 Å². The summed E-state index contributed by atoms with van der Waals surface area (Å²) in [6.07, 6.45) is 0.567. The van der Waals surface area contributed by atoms with Gasteiger partial charge in [-0.25, -0.2) is 8.42 Å². The summed E-state index contributed by atoms with van der Waals surface area (Å²) < 4.78 is 30.1. The molecule has 1 heterocycles. The van der Waals surface area contributed by atoms with Gasteiger partial charge in [-0.05, 0) is 13.3 Å². The Kier molecular flexibility index (Phi) is 4.98. The first kappa shape index (κ1) is 12.9. The minimum absolute atomic E-state index is 0.188. The molecule has 0 unspecified atom stereocenters. The third-order valence-corrected chi connectivity index (χ3v) is 4.40. The molecule has 0 aromatic rings. The van der Waals surface area contributed by atoms with E-state index in [2.05, 4.69) is 5.32 Å². The number of hydrogen-bond donors (Lipinski definition) is 1. The van der Waals surface area contributed by atoms with Gasteiger partial charge in [0.15, 0.2) is 0 Å². The number of nitrogens with one attached hydrogen (secondary N) is 1. The van der Waals surface area contributed by atoms with Crippen molar-refractivity contribution in [2.24, 2.45) is 0 Å². The highest BCUT2D eigenvalue weighted by atomic mass is 32.2. The van der Waals surface area contributed by atoms with Crippen molar-refractivity contribution in [3.05, 3.63) is 0 Å². The van der Waals surface area contributed by atoms with Gasteiger partial charge >= 0.3 is 0 Å². The van der Waals surface area contributed by atoms with Gasteiger partial charge < -0.3 is 10.1 Å². The SMILES string of the molecule is COCCCS(=O)(=O)N1CCN[C@H](C)C1. The first-order valence-corrected chi connectivity index (χ1v) is 6.87. The zero-order valence-electron chi connectivity index (χ0n) is 9.40. The van der Waals surface area contributed by atoms with Crippen LogP contribution in [-0.2, 0) is 14.8 Å². The molecule has 5 nitrogen and oxygen atoms in total. The van der Waals surface area contributed by atoms with Gasteiger partial charge in [0.25, 0.3) is 0 Å². The van der Waals surface area contributed by atoms with E-state index < -0.39 is 10.0 Å². The molecule has 0 radical (unpaired) electrons. The molecule has 6 heteroatoms. The Morgan fingerprint density at radius 2 is 2.27 bits per heavy atom. The highest BCUT2D eigenvalue weighted by molar-refractivity contribution is 7.89. The standard InChI is InChI=1S/C9H20N2O3S/c1-9-8-11(5-4-10-9)15(12,13)7-3-6-14-2/h9-10H,3-8H2,1-2H3/t9-/m1/s1. The van der Waals surface area contributed by atoms with Crippen LogP contribution in [0.15, 0.2) is 0 Å². The van der Waals surface area contributed by atoms with Crippen molar-refractivity contribution in [3.8, 4) is 0 Å². The van der Waals surface area contributed by atoms with Crippen LogP contribution in [0, 0.1) is 0 Å². The summed E-state index contributed by atoms with van der Waals surface area (Å²) in [5, 5.41) is 3.22. The molecule has 1 atom stereocenters. The van der Waals surface area contributed by atoms with Crippen LogP contribution in [0.1, 0.15) is 13.3 Å². The van der Waals surface area contributed by atoms with Crippen molar-refractivity contribution in [1.29, 1.82) is 0 Å². The summed E-state index contributed by atoms with van der Waals surface area (Å²) in [7, 11) is -1.49. The molecule has 15 heavy (non-hydrogen) atoms. The van der Waals surface area contributed by atoms with Crippen LogP contribution in [-0.4, -0.2) is 57.9 Å². The highest BCUT2D eigenvalue weighted by Gasteiger charge is 2.25. The van der Waals surface area contributed by atoms with Crippen molar-refractivity contribution in [2.45, 2.75) is 19.4 Å². The van der Waals surface area contributed by atoms with Gasteiger partial charge in [-0.15, -0.1) is 0 Å². The quantitative estimate of drug-likeness (QED) is 0.663. The Bertz CT molecular complexity index is 279. The maximum atomic E-state index is 11.8. The average Bonchev–Trinajstić information content (AvgIpc) is 2.18. The summed E-state index contributed by atoms with van der Waals surface area (Å²) in [4.78, 5) is 0. The number of ether oxygens (including phenoxy) is 1. The molecular weight excluding hydrogens is 216 g/mol. The summed E-state index contributed by atoms with van der Waals surface area (Å²) in [6, 6.07) is 0.246. The molecule has 0 aromatic heterocycles. The number of rotatable bonds is 5. The Morgan fingerprint density at radius 1 is 1.53 bits per heavy atom. The van der Waals surface area contributed by atoms with Crippen LogP contribution in [0.2, 0.25) is 0 Å². The van der Waals surface area contributed by atoms with E-state index in [0.717, 1.165) is 6.54 Å². The van der Waals surface area contributed by atoms with Crippen LogP contribution in [0.5, 0.6) is 0 Å². The third kappa shape index (κ3) is 4.06. The van der Waals surface area contributed by atoms with Crippen molar-refractivity contribution in [3.63, 3.8) is 0 Å². The lowest BCUT2D eigenvalue weighted by atomic mass is 10.3. The molecule has 0 aliphatic carbocycles. The molecule has 0 bridgehead atoms. The van der Waals surface area contributed by atoms with Crippen LogP contribution in [0.4, 0.5) is 0 Å². The molecule has 1 rings (SSSR count). The second-order valence-corrected chi connectivity index (χ2v) is 5.96. The molecule has 1 saturated heterocycles. The second-order valence-electron chi connectivity index (χ2n) is 3.88. The number of piperazine rings is 1. The second kappa shape index (κ2) is 5.79. The molecule has 90 valence electrons. The number of sulfonamides is 1. The van der Waals surface area contributed by atoms with E-state index in [1.54, 1.807) is 11.4 Å². The summed E-state index contributed by atoms with van der Waals surface area (Å²) in [5.41, 5.74) is 0. The van der Waals surface area contributed by atoms with E-state index in [9.17, 15) is 8.42 Å². The molecule has 0 aromatic carbocycles. The van der Waals surface area contributed by atoms with E-state index >= 15 is 0 Å². The first-order chi connectivity index (χ1) is 7.06. The van der Waals surface area contributed by atoms with Gasteiger partial charge in [-0.3, -0.25) is 0 Å². The van der Waals surface area contributed by atoms with E-state index in [0.29, 0.717) is 26.1 Å². The smallest absolute Gasteiger partial charge is 0.214 e. The van der Waals surface area contributed by atoms with Crippen molar-refractivity contribution >= 4 is 10.0 Å². The average molecular weight is 236 g/mol. The topological polar surface area (TPSA) is 58.6 Å². The fourth-order valence-corrected chi connectivity index (χ4v) is 3.23. The van der Waals surface area contributed by atoms with Crippen LogP contribution in [0.3, 0.4) is 0 Å². The Balaban J connectivity index is 2.45. The maximum Gasteiger partial charge on any atom is 0.214 e. The van der Waals surface area contributed by atoms with Crippen LogP contribution < -0.4 is 5.32 Å². The summed E-state index contributed by atoms with van der Waals surface area (Å²) >= 11 is 0. The molecule has 1 fully saturated rings. The fourth-order valence-electron chi connectivity index (χ4n) is 1.66. The molecular formula is C9H20N2O3S. The van der Waals surface area contributed by atoms with E-state index in [4.69, 9.17) is 4.74 Å². The number of nitrogens with zero attached hydrogens (tertiary/aromatic N) is 1. The highest BCUT2D eigenvalue weighted by Crippen LogP contribution is 2.07. The van der Waals surface area contributed by atoms with Crippen LogP contribution >= 0.6 is 0 Å². The van der Waals surface area contributed by atoms with Gasteiger partial charge in [0.05, 0.1) is 5.75 Å². The predicted octanol–water partition coefficient (Wildman–Crippen LogP) is -0.354. The van der Waals surface area contributed by atoms with Gasteiger partial charge in [0, 0.05) is 39.4 Å². The third-order valence-electron chi connectivity index (χ3n) is 2.48. The minimum atomic E-state index is -3.08. The monoisotopic (exact) mass is 236 g/mol. The van der Waals surface area contributed by atoms with E-state index in [1.807, 2.05) is 6.92 Å². The van der Waals surface area contributed by atoms with Crippen molar-refractivity contribution in [1.82, 2.24) is 9.62 Å². The van der Waals surface area contributed by atoms with Crippen molar-refractivity contribution in [2.75, 3.05) is 39.1 Å². The maximum absolute atomic E-state index is 11.8. The Hall–Kier alpha value is -0.170. The summed E-state index contributed by atoms with van der Waals surface area (Å²) in [5.74, 6) is 0.188. The van der Waals surface area contributed by atoms with Gasteiger partial charge in [-0.2, -0.15) is 4.31 Å². The molecule has 0 saturated carbocycles. The van der Waals surface area contributed by atoms with E-state index in [-0.39, 0.29) is 11.8 Å². The van der Waals surface area contributed by atoms with E-state index in [1.165, 1.54) is 0 Å². The zero-order valence-corrected chi connectivity index (χ0v) is 10.2. The number of methoxy groups -OCH3 is 1. The minimum Gasteiger partial charge on any atom is -0.385 e. The predicted molar refractivity (Wildman–Crippen MR) is 59.3 cm³/mol. The molecule has 0 amide bonds. The lowest BCUT2D eigenvalue weighted by molar-refractivity contribution is 0.199. The lowest BCUT2D eigenvalue weighted by Crippen LogP contribution is -2.51. The molecule has 1 N–H and O–H groups in total. The molecule has 0 spiro atoms. The number of hydrogen-bond acceptors (Lipinski definition) is 4. The van der Waals surface area contributed by atoms with Gasteiger partial charge in [0.2, 0.25) is 10.0 Å². The Morgan fingerprint density at radius 3 is 2.87 bits per heavy atom. The normalized spacial score (nSPS) is 24.3. The zero-order chi connectivity index (χ0) is 11.3. The van der Waals surface area contributed by atoms with Gasteiger partial charge in [0.1, 0.15) is 0 Å². The lowest BCUT2D eigenvalue weighted by Gasteiger charge is -2.30. The fraction of sp³-hybridized carbons (Fsp3) is 1.00. The molecule has 1 aliphatic rings. The molecule has 1 aliphatic heterocycles. The summed E-state index contributed by atoms with van der Waals surface area (Å²) in [6.45, 7) is 4.40. The van der Waals surface area contributed by atoms with Gasteiger partial charge in [-0.1, -0.05) is 0 Å². The van der Waals surface area contributed by atoms with Crippen LogP contribution in [0.25, 0.3) is 0 Å². The largest absolute Gasteiger partial charge is 0.385 e. The van der Waals surface area contributed by atoms with Crippen molar-refractivity contribution < 1.29 is 13.2 Å². The first-order valence-electron chi connectivity index (χ1n) is 5.26.